The monoisotopic (exact) mass is 242 g/mol. The molecule has 0 radical (unpaired) electrons. The van der Waals surface area contributed by atoms with Gasteiger partial charge in [0.25, 0.3) is 0 Å². The van der Waals surface area contributed by atoms with Gasteiger partial charge in [0.1, 0.15) is 5.69 Å². The highest BCUT2D eigenvalue weighted by molar-refractivity contribution is 5.63. The Kier molecular flexibility index (Phi) is 3.67. The van der Waals surface area contributed by atoms with Crippen LogP contribution in [0.1, 0.15) is 13.8 Å². The van der Waals surface area contributed by atoms with Crippen LogP contribution in [-0.2, 0) is 0 Å². The number of halogens is 1. The van der Waals surface area contributed by atoms with Gasteiger partial charge >= 0.3 is 5.69 Å². The van der Waals surface area contributed by atoms with Crippen molar-refractivity contribution in [3.8, 4) is 0 Å². The molecular weight excluding hydrogens is 227 g/mol. The van der Waals surface area contributed by atoms with Crippen LogP contribution in [-0.4, -0.2) is 29.2 Å². The van der Waals surface area contributed by atoms with Crippen LogP contribution in [0.25, 0.3) is 0 Å². The van der Waals surface area contributed by atoms with E-state index < -0.39 is 22.0 Å². The third kappa shape index (κ3) is 3.39. The maximum Gasteiger partial charge on any atom is 0.327 e. The number of hydrogen-bond donors (Lipinski definition) is 1. The van der Waals surface area contributed by atoms with Crippen LogP contribution in [0.5, 0.6) is 0 Å². The molecule has 1 aromatic carbocycles. The lowest BCUT2D eigenvalue weighted by Gasteiger charge is -2.26. The highest BCUT2D eigenvalue weighted by Gasteiger charge is 2.25. The van der Waals surface area contributed by atoms with Crippen LogP contribution < -0.4 is 4.90 Å². The number of anilines is 1. The second-order valence-electron chi connectivity index (χ2n) is 4.53. The Morgan fingerprint density at radius 1 is 1.53 bits per heavy atom. The molecule has 1 rings (SSSR count). The summed E-state index contributed by atoms with van der Waals surface area (Å²) in [6.45, 7) is 3.32. The fourth-order valence-corrected chi connectivity index (χ4v) is 1.66. The van der Waals surface area contributed by atoms with E-state index in [1.165, 1.54) is 17.0 Å². The van der Waals surface area contributed by atoms with Crippen molar-refractivity contribution in [3.05, 3.63) is 34.1 Å². The summed E-state index contributed by atoms with van der Waals surface area (Å²) in [7, 11) is 1.57. The number of nitro benzene ring substituents is 1. The highest BCUT2D eigenvalue weighted by atomic mass is 19.1. The number of benzene rings is 1. The van der Waals surface area contributed by atoms with E-state index in [0.717, 1.165) is 6.07 Å². The fourth-order valence-electron chi connectivity index (χ4n) is 1.66. The first-order chi connectivity index (χ1) is 7.72. The maximum atomic E-state index is 13.4. The average Bonchev–Trinajstić information content (AvgIpc) is 2.13. The van der Waals surface area contributed by atoms with Crippen molar-refractivity contribution in [2.75, 3.05) is 18.5 Å². The quantitative estimate of drug-likeness (QED) is 0.647. The summed E-state index contributed by atoms with van der Waals surface area (Å²) < 4.78 is 13.4. The van der Waals surface area contributed by atoms with Gasteiger partial charge < -0.3 is 10.0 Å². The van der Waals surface area contributed by atoms with Gasteiger partial charge in [0.15, 0.2) is 0 Å². The minimum Gasteiger partial charge on any atom is -0.389 e. The molecule has 5 nitrogen and oxygen atoms in total. The van der Waals surface area contributed by atoms with Gasteiger partial charge in [0.2, 0.25) is 5.82 Å². The number of nitro groups is 1. The molecule has 0 aliphatic carbocycles. The van der Waals surface area contributed by atoms with Gasteiger partial charge in [0, 0.05) is 13.6 Å². The van der Waals surface area contributed by atoms with Crippen LogP contribution in [0, 0.1) is 15.9 Å². The molecule has 0 saturated heterocycles. The van der Waals surface area contributed by atoms with Crippen LogP contribution in [0.2, 0.25) is 0 Å². The Morgan fingerprint density at radius 3 is 2.59 bits per heavy atom. The third-order valence-electron chi connectivity index (χ3n) is 2.18. The first-order valence-electron chi connectivity index (χ1n) is 5.09. The van der Waals surface area contributed by atoms with E-state index in [4.69, 9.17) is 0 Å². The number of likely N-dealkylation sites (N-methyl/N-ethyl adjacent to an activating group) is 1. The normalized spacial score (nSPS) is 11.4. The minimum atomic E-state index is -1.02. The van der Waals surface area contributed by atoms with Gasteiger partial charge in [-0.3, -0.25) is 10.1 Å². The topological polar surface area (TPSA) is 66.6 Å². The molecule has 0 aliphatic heterocycles. The summed E-state index contributed by atoms with van der Waals surface area (Å²) >= 11 is 0. The van der Waals surface area contributed by atoms with Crippen molar-refractivity contribution < 1.29 is 14.4 Å². The predicted molar refractivity (Wildman–Crippen MR) is 62.6 cm³/mol. The van der Waals surface area contributed by atoms with Gasteiger partial charge in [0.05, 0.1) is 10.5 Å². The van der Waals surface area contributed by atoms with Crippen molar-refractivity contribution in [2.45, 2.75) is 19.4 Å². The molecule has 1 N–H and O–H groups in total. The van der Waals surface area contributed by atoms with Gasteiger partial charge in [-0.25, -0.2) is 0 Å². The second-order valence-corrected chi connectivity index (χ2v) is 4.53. The van der Waals surface area contributed by atoms with E-state index in [2.05, 4.69) is 0 Å². The Labute approximate surface area is 98.6 Å². The van der Waals surface area contributed by atoms with Gasteiger partial charge in [-0.1, -0.05) is 6.07 Å². The van der Waals surface area contributed by atoms with Gasteiger partial charge in [-0.15, -0.1) is 0 Å². The SMILES string of the molecule is CN(CC(C)(C)O)c1cccc(F)c1[N+](=O)[O-]. The number of hydrogen-bond acceptors (Lipinski definition) is 4. The lowest BCUT2D eigenvalue weighted by molar-refractivity contribution is -0.386. The lowest BCUT2D eigenvalue weighted by Crippen LogP contribution is -2.36. The van der Waals surface area contributed by atoms with Crippen molar-refractivity contribution >= 4 is 11.4 Å². The van der Waals surface area contributed by atoms with E-state index in [1.54, 1.807) is 20.9 Å². The van der Waals surface area contributed by atoms with Crippen molar-refractivity contribution in [2.24, 2.45) is 0 Å². The first kappa shape index (κ1) is 13.4. The molecule has 1 aromatic rings. The van der Waals surface area contributed by atoms with Crippen LogP contribution in [0.3, 0.4) is 0 Å². The van der Waals surface area contributed by atoms with Crippen LogP contribution >= 0.6 is 0 Å². The zero-order chi connectivity index (χ0) is 13.2. The van der Waals surface area contributed by atoms with E-state index in [1.807, 2.05) is 0 Å². The van der Waals surface area contributed by atoms with Gasteiger partial charge in [-0.05, 0) is 26.0 Å². The molecule has 0 spiro atoms. The maximum absolute atomic E-state index is 13.4. The molecule has 0 amide bonds. The minimum absolute atomic E-state index is 0.150. The molecule has 0 saturated carbocycles. The Morgan fingerprint density at radius 2 is 2.12 bits per heavy atom. The molecule has 0 bridgehead atoms. The van der Waals surface area contributed by atoms with Gasteiger partial charge in [-0.2, -0.15) is 4.39 Å². The van der Waals surface area contributed by atoms with E-state index >= 15 is 0 Å². The summed E-state index contributed by atoms with van der Waals surface area (Å²) in [6.07, 6.45) is 0. The average molecular weight is 242 g/mol. The molecule has 0 aliphatic rings. The molecule has 0 aromatic heterocycles. The van der Waals surface area contributed by atoms with E-state index in [9.17, 15) is 19.6 Å². The highest BCUT2D eigenvalue weighted by Crippen LogP contribution is 2.30. The molecule has 94 valence electrons. The zero-order valence-electron chi connectivity index (χ0n) is 9.98. The second kappa shape index (κ2) is 4.67. The Balaban J connectivity index is 3.13. The number of rotatable bonds is 4. The fraction of sp³-hybridized carbons (Fsp3) is 0.455. The van der Waals surface area contributed by atoms with Crippen molar-refractivity contribution in [1.82, 2.24) is 0 Å². The predicted octanol–water partition coefficient (Wildman–Crippen LogP) is 1.94. The molecule has 6 heteroatoms. The number of nitrogens with zero attached hydrogens (tertiary/aromatic N) is 2. The van der Waals surface area contributed by atoms with E-state index in [0.29, 0.717) is 0 Å². The van der Waals surface area contributed by atoms with Crippen molar-refractivity contribution in [1.29, 1.82) is 0 Å². The van der Waals surface area contributed by atoms with Crippen molar-refractivity contribution in [3.63, 3.8) is 0 Å². The Bertz CT molecular complexity index is 429. The molecular formula is C11H15FN2O3. The summed E-state index contributed by atoms with van der Waals surface area (Å²) in [5.41, 5.74) is -1.44. The molecule has 0 unspecified atom stereocenters. The Hall–Kier alpha value is -1.69. The molecule has 17 heavy (non-hydrogen) atoms. The standard InChI is InChI=1S/C11H15FN2O3/c1-11(2,15)7-13(3)9-6-4-5-8(12)10(9)14(16)17/h4-6,15H,7H2,1-3H3. The van der Waals surface area contributed by atoms with E-state index in [-0.39, 0.29) is 12.2 Å². The number of aliphatic hydroxyl groups is 1. The van der Waals surface area contributed by atoms with Crippen LogP contribution in [0.15, 0.2) is 18.2 Å². The zero-order valence-corrected chi connectivity index (χ0v) is 9.98. The summed E-state index contributed by atoms with van der Waals surface area (Å²) in [5, 5.41) is 20.4. The number of para-hydroxylation sites is 1. The third-order valence-corrected chi connectivity index (χ3v) is 2.18. The summed E-state index contributed by atoms with van der Waals surface area (Å²) in [6, 6.07) is 3.89. The molecule has 0 fully saturated rings. The van der Waals surface area contributed by atoms with Crippen LogP contribution in [0.4, 0.5) is 15.8 Å². The molecule has 0 heterocycles. The summed E-state index contributed by atoms with van der Waals surface area (Å²) in [4.78, 5) is 11.5. The largest absolute Gasteiger partial charge is 0.389 e. The summed E-state index contributed by atoms with van der Waals surface area (Å²) in [5.74, 6) is -0.880. The lowest BCUT2D eigenvalue weighted by atomic mass is 10.1. The first-order valence-corrected chi connectivity index (χ1v) is 5.09. The smallest absolute Gasteiger partial charge is 0.327 e. The molecule has 0 atom stereocenters.